The molecule has 2 aromatic rings. The van der Waals surface area contributed by atoms with Crippen LogP contribution in [-0.4, -0.2) is 9.55 Å². The Morgan fingerprint density at radius 1 is 1.14 bits per heavy atom. The molecule has 0 amide bonds. The van der Waals surface area contributed by atoms with Gasteiger partial charge in [0, 0.05) is 17.9 Å². The molecule has 6 atom stereocenters. The summed E-state index contributed by atoms with van der Waals surface area (Å²) < 4.78 is 2.50. The van der Waals surface area contributed by atoms with Gasteiger partial charge in [0.25, 0.3) is 0 Å². The van der Waals surface area contributed by atoms with Gasteiger partial charge >= 0.3 is 0 Å². The summed E-state index contributed by atoms with van der Waals surface area (Å²) in [5.74, 6) is 2.08. The van der Waals surface area contributed by atoms with Gasteiger partial charge in [0.15, 0.2) is 0 Å². The Labute approximate surface area is 173 Å². The zero-order valence-corrected chi connectivity index (χ0v) is 17.6. The van der Waals surface area contributed by atoms with Crippen LogP contribution in [0.1, 0.15) is 52.0 Å². The Bertz CT molecular complexity index is 1110. The summed E-state index contributed by atoms with van der Waals surface area (Å²) in [6.07, 6.45) is 15.5. The summed E-state index contributed by atoms with van der Waals surface area (Å²) in [5.41, 5.74) is 9.37. The summed E-state index contributed by atoms with van der Waals surface area (Å²) in [4.78, 5) is 4.71. The highest BCUT2D eigenvalue weighted by molar-refractivity contribution is 5.75. The predicted octanol–water partition coefficient (Wildman–Crippen LogP) is 6.64. The fourth-order valence-electron chi connectivity index (χ4n) is 7.40. The van der Waals surface area contributed by atoms with E-state index in [-0.39, 0.29) is 5.41 Å². The van der Waals surface area contributed by atoms with Gasteiger partial charge in [0.1, 0.15) is 0 Å². The molecule has 0 radical (unpaired) electrons. The first-order valence-electron chi connectivity index (χ1n) is 11.3. The number of rotatable bonds is 1. The molecule has 0 saturated heterocycles. The predicted molar refractivity (Wildman–Crippen MR) is 118 cm³/mol. The maximum atomic E-state index is 4.71. The van der Waals surface area contributed by atoms with Gasteiger partial charge in [-0.15, -0.1) is 5.73 Å². The van der Waals surface area contributed by atoms with Gasteiger partial charge in [-0.25, -0.2) is 4.98 Å². The number of hydrogen-bond acceptors (Lipinski definition) is 1. The van der Waals surface area contributed by atoms with E-state index in [1.54, 1.807) is 0 Å². The van der Waals surface area contributed by atoms with E-state index in [2.05, 4.69) is 79.5 Å². The molecule has 0 N–H and O–H groups in total. The zero-order valence-electron chi connectivity index (χ0n) is 17.6. The minimum atomic E-state index is 0.168. The van der Waals surface area contributed by atoms with Gasteiger partial charge in [0.05, 0.1) is 17.4 Å². The Morgan fingerprint density at radius 2 is 2.00 bits per heavy atom. The third-order valence-electron chi connectivity index (χ3n) is 9.04. The molecule has 0 spiro atoms. The van der Waals surface area contributed by atoms with Gasteiger partial charge in [-0.1, -0.05) is 50.3 Å². The van der Waals surface area contributed by atoms with Crippen molar-refractivity contribution in [1.82, 2.24) is 9.55 Å². The summed E-state index contributed by atoms with van der Waals surface area (Å²) in [6.45, 7) is 9.22. The quantitative estimate of drug-likeness (QED) is 0.506. The van der Waals surface area contributed by atoms with Crippen molar-refractivity contribution >= 4 is 11.0 Å². The molecule has 2 heteroatoms. The molecule has 2 nitrogen and oxygen atoms in total. The zero-order chi connectivity index (χ0) is 19.8. The van der Waals surface area contributed by atoms with Gasteiger partial charge in [0.2, 0.25) is 0 Å². The summed E-state index contributed by atoms with van der Waals surface area (Å²) >= 11 is 0. The summed E-state index contributed by atoms with van der Waals surface area (Å²) in [5, 5.41) is 0. The van der Waals surface area contributed by atoms with Crippen LogP contribution in [0.2, 0.25) is 0 Å². The second-order valence-corrected chi connectivity index (χ2v) is 10.3. The van der Waals surface area contributed by atoms with Gasteiger partial charge in [-0.2, -0.15) is 0 Å². The van der Waals surface area contributed by atoms with Crippen LogP contribution in [0, 0.1) is 28.6 Å². The first kappa shape index (κ1) is 17.5. The number of aromatic nitrogens is 2. The van der Waals surface area contributed by atoms with E-state index in [0.717, 1.165) is 17.9 Å². The molecule has 4 aliphatic rings. The highest BCUT2D eigenvalue weighted by atomic mass is 15.1. The van der Waals surface area contributed by atoms with Gasteiger partial charge in [-0.05, 0) is 72.6 Å². The van der Waals surface area contributed by atoms with Crippen LogP contribution in [0.3, 0.4) is 0 Å². The molecular formula is C27H30N2. The molecule has 1 unspecified atom stereocenters. The smallest absolute Gasteiger partial charge is 0.0961 e. The van der Waals surface area contributed by atoms with E-state index >= 15 is 0 Å². The van der Waals surface area contributed by atoms with Crippen molar-refractivity contribution in [3.63, 3.8) is 0 Å². The summed E-state index contributed by atoms with van der Waals surface area (Å²) in [7, 11) is 0. The number of nitrogens with zero attached hydrogens (tertiary/aromatic N) is 2. The van der Waals surface area contributed by atoms with E-state index in [1.165, 1.54) is 42.3 Å². The lowest BCUT2D eigenvalue weighted by Crippen LogP contribution is -2.47. The average Bonchev–Trinajstić information content (AvgIpc) is 3.29. The Hall–Kier alpha value is -2.31. The molecule has 148 valence electrons. The number of benzene rings is 1. The SMILES string of the molecule is C=C1C=C[C@@]2(C)C(=C=C[C@@H]3[C@@H]2CC[C@]2(C)C(n4cnc5ccccc54)CC[C@@H]32)C1. The van der Waals surface area contributed by atoms with Gasteiger partial charge < -0.3 is 4.57 Å². The van der Waals surface area contributed by atoms with Crippen LogP contribution in [-0.2, 0) is 0 Å². The molecule has 4 aliphatic carbocycles. The lowest BCUT2D eigenvalue weighted by molar-refractivity contribution is 0.00553. The number of imidazole rings is 1. The lowest BCUT2D eigenvalue weighted by atomic mass is 9.50. The van der Waals surface area contributed by atoms with Crippen molar-refractivity contribution < 1.29 is 0 Å². The molecule has 2 saturated carbocycles. The fraction of sp³-hybridized carbons (Fsp3) is 0.481. The molecule has 1 aromatic heterocycles. The van der Waals surface area contributed by atoms with Crippen LogP contribution >= 0.6 is 0 Å². The van der Waals surface area contributed by atoms with Crippen LogP contribution in [0.4, 0.5) is 0 Å². The molecule has 2 fully saturated rings. The van der Waals surface area contributed by atoms with Crippen molar-refractivity contribution in [3.8, 4) is 0 Å². The second-order valence-electron chi connectivity index (χ2n) is 10.3. The lowest BCUT2D eigenvalue weighted by Gasteiger charge is -2.54. The van der Waals surface area contributed by atoms with E-state index in [4.69, 9.17) is 4.98 Å². The largest absolute Gasteiger partial charge is 0.327 e. The Morgan fingerprint density at radius 3 is 2.90 bits per heavy atom. The number of allylic oxidation sites excluding steroid dienone is 4. The Balaban J connectivity index is 1.41. The van der Waals surface area contributed by atoms with Crippen LogP contribution in [0.25, 0.3) is 11.0 Å². The number of para-hydroxylation sites is 2. The molecule has 1 heterocycles. The van der Waals surface area contributed by atoms with Gasteiger partial charge in [-0.3, -0.25) is 0 Å². The van der Waals surface area contributed by atoms with E-state index in [9.17, 15) is 0 Å². The highest BCUT2D eigenvalue weighted by Crippen LogP contribution is 2.65. The van der Waals surface area contributed by atoms with Crippen LogP contribution in [0.15, 0.2) is 72.3 Å². The van der Waals surface area contributed by atoms with E-state index in [0.29, 0.717) is 23.3 Å². The number of hydrogen-bond donors (Lipinski definition) is 0. The molecule has 0 aliphatic heterocycles. The normalized spacial score (nSPS) is 40.5. The van der Waals surface area contributed by atoms with E-state index < -0.39 is 0 Å². The monoisotopic (exact) mass is 382 g/mol. The molecule has 6 rings (SSSR count). The average molecular weight is 383 g/mol. The van der Waals surface area contributed by atoms with Crippen molar-refractivity contribution in [2.24, 2.45) is 28.6 Å². The molecule has 29 heavy (non-hydrogen) atoms. The van der Waals surface area contributed by atoms with Crippen molar-refractivity contribution in [2.45, 2.75) is 52.0 Å². The maximum absolute atomic E-state index is 4.71. The highest BCUT2D eigenvalue weighted by Gasteiger charge is 2.58. The number of fused-ring (bicyclic) bond motifs is 6. The minimum Gasteiger partial charge on any atom is -0.327 e. The first-order chi connectivity index (χ1) is 14.0. The van der Waals surface area contributed by atoms with Crippen LogP contribution in [0.5, 0.6) is 0 Å². The fourth-order valence-corrected chi connectivity index (χ4v) is 7.40. The molecule has 1 aromatic carbocycles. The third kappa shape index (κ3) is 2.27. The van der Waals surface area contributed by atoms with Crippen molar-refractivity contribution in [3.05, 3.63) is 72.3 Å². The summed E-state index contributed by atoms with van der Waals surface area (Å²) in [6, 6.07) is 9.16. The minimum absolute atomic E-state index is 0.168. The Kier molecular flexibility index (Phi) is 3.55. The molecule has 0 bridgehead atoms. The maximum Gasteiger partial charge on any atom is 0.0961 e. The topological polar surface area (TPSA) is 17.8 Å². The molecular weight excluding hydrogens is 352 g/mol. The van der Waals surface area contributed by atoms with Crippen LogP contribution < -0.4 is 0 Å². The van der Waals surface area contributed by atoms with E-state index in [1.807, 2.05) is 0 Å². The van der Waals surface area contributed by atoms with Crippen molar-refractivity contribution in [1.29, 1.82) is 0 Å². The van der Waals surface area contributed by atoms with Crippen molar-refractivity contribution in [2.75, 3.05) is 0 Å². The standard InChI is InChI=1S/C27H30N2/c1-18-12-14-26(2)19(16-18)8-9-20-21-10-11-25(27(21,3)15-13-22(20)26)29-17-28-23-6-4-5-7-24(23)29/h4-7,9,12,14,17,20-22,25H,1,10-11,13,15-16H2,2-3H3/t20-,21-,22-,25?,26-,27-/m0/s1. The second kappa shape index (κ2) is 5.86. The first-order valence-corrected chi connectivity index (χ1v) is 11.3. The third-order valence-corrected chi connectivity index (χ3v) is 9.04.